The van der Waals surface area contributed by atoms with Gasteiger partial charge >= 0.3 is 0 Å². The summed E-state index contributed by atoms with van der Waals surface area (Å²) in [7, 11) is 0. The Balaban J connectivity index is 1.75. The molecule has 0 saturated heterocycles. The maximum absolute atomic E-state index is 12.1. The normalized spacial score (nSPS) is 18.3. The van der Waals surface area contributed by atoms with Gasteiger partial charge in [0.15, 0.2) is 0 Å². The number of hydrogen-bond acceptors (Lipinski definition) is 4. The van der Waals surface area contributed by atoms with Gasteiger partial charge in [0.05, 0.1) is 17.9 Å². The minimum Gasteiger partial charge on any atom is -0.472 e. The topological polar surface area (TPSA) is 62.5 Å². The van der Waals surface area contributed by atoms with Crippen LogP contribution >= 0.6 is 11.3 Å². The first-order chi connectivity index (χ1) is 10.6. The lowest BCUT2D eigenvalue weighted by Crippen LogP contribution is -2.38. The van der Waals surface area contributed by atoms with E-state index >= 15 is 0 Å². The number of carbonyl (C=O) groups excluding carboxylic acids is 1. The molecule has 1 aliphatic carbocycles. The third-order valence-corrected chi connectivity index (χ3v) is 5.99. The van der Waals surface area contributed by atoms with Crippen LogP contribution in [0.2, 0.25) is 0 Å². The van der Waals surface area contributed by atoms with E-state index in [9.17, 15) is 9.90 Å². The molecule has 1 saturated carbocycles. The maximum Gasteiger partial charge on any atom is 0.254 e. The highest BCUT2D eigenvalue weighted by Gasteiger charge is 2.37. The molecule has 0 spiro atoms. The Kier molecular flexibility index (Phi) is 4.36. The van der Waals surface area contributed by atoms with E-state index in [2.05, 4.69) is 11.4 Å². The zero-order valence-corrected chi connectivity index (χ0v) is 13.5. The van der Waals surface area contributed by atoms with Crippen molar-refractivity contribution < 1.29 is 14.3 Å². The number of amides is 1. The lowest BCUT2D eigenvalue weighted by molar-refractivity contribution is 0.0943. The summed E-state index contributed by atoms with van der Waals surface area (Å²) >= 11 is 1.67. The molecule has 0 aromatic carbocycles. The molecule has 2 aromatic rings. The minimum atomic E-state index is -0.433. The Hall–Kier alpha value is -1.59. The summed E-state index contributed by atoms with van der Waals surface area (Å²) in [6, 6.07) is 5.79. The zero-order valence-electron chi connectivity index (χ0n) is 12.7. The van der Waals surface area contributed by atoms with Crippen LogP contribution in [-0.2, 0) is 5.41 Å². The average molecular weight is 319 g/mol. The molecule has 0 bridgehead atoms. The summed E-state index contributed by atoms with van der Waals surface area (Å²) < 4.78 is 4.96. The second-order valence-corrected chi connectivity index (χ2v) is 7.18. The lowest BCUT2D eigenvalue weighted by atomic mass is 9.84. The van der Waals surface area contributed by atoms with Crippen LogP contribution in [0, 0.1) is 0 Å². The van der Waals surface area contributed by atoms with Gasteiger partial charge in [-0.1, -0.05) is 12.8 Å². The molecule has 118 valence electrons. The van der Waals surface area contributed by atoms with Crippen LogP contribution in [-0.4, -0.2) is 17.6 Å². The molecule has 2 N–H and O–H groups in total. The monoisotopic (exact) mass is 319 g/mol. The van der Waals surface area contributed by atoms with Gasteiger partial charge in [-0.05, 0) is 38.0 Å². The standard InChI is InChI=1S/C17H21NO3S/c1-12(19)14-4-5-15(22-14)17(7-2-3-8-17)11-18-16(20)13-6-9-21-10-13/h4-6,9-10,12,19H,2-3,7-8,11H2,1H3,(H,18,20)/t12-/m1/s1. The van der Waals surface area contributed by atoms with E-state index in [-0.39, 0.29) is 11.3 Å². The fourth-order valence-electron chi connectivity index (χ4n) is 3.17. The molecule has 0 aliphatic heterocycles. The number of carbonyl (C=O) groups is 1. The number of aliphatic hydroxyl groups excluding tert-OH is 1. The van der Waals surface area contributed by atoms with Crippen molar-refractivity contribution in [3.8, 4) is 0 Å². The van der Waals surface area contributed by atoms with Gasteiger partial charge in [-0.3, -0.25) is 4.79 Å². The first-order valence-corrected chi connectivity index (χ1v) is 8.51. The van der Waals surface area contributed by atoms with Gasteiger partial charge in [0.1, 0.15) is 6.26 Å². The van der Waals surface area contributed by atoms with E-state index in [4.69, 9.17) is 4.42 Å². The van der Waals surface area contributed by atoms with Crippen molar-refractivity contribution in [2.45, 2.75) is 44.1 Å². The quantitative estimate of drug-likeness (QED) is 0.884. The van der Waals surface area contributed by atoms with Crippen LogP contribution in [0.1, 0.15) is 58.8 Å². The highest BCUT2D eigenvalue weighted by molar-refractivity contribution is 7.12. The third kappa shape index (κ3) is 2.96. The van der Waals surface area contributed by atoms with Crippen molar-refractivity contribution in [2.24, 2.45) is 0 Å². The van der Waals surface area contributed by atoms with Gasteiger partial charge < -0.3 is 14.8 Å². The van der Waals surface area contributed by atoms with E-state index in [1.54, 1.807) is 24.3 Å². The number of aliphatic hydroxyl groups is 1. The largest absolute Gasteiger partial charge is 0.472 e. The van der Waals surface area contributed by atoms with Gasteiger partial charge in [0.2, 0.25) is 0 Å². The smallest absolute Gasteiger partial charge is 0.254 e. The predicted octanol–water partition coefficient (Wildman–Crippen LogP) is 3.64. The highest BCUT2D eigenvalue weighted by atomic mass is 32.1. The van der Waals surface area contributed by atoms with Crippen molar-refractivity contribution in [3.05, 3.63) is 46.0 Å². The van der Waals surface area contributed by atoms with Gasteiger partial charge in [-0.25, -0.2) is 0 Å². The number of furan rings is 1. The fourth-order valence-corrected chi connectivity index (χ4v) is 4.36. The Morgan fingerprint density at radius 1 is 1.41 bits per heavy atom. The van der Waals surface area contributed by atoms with Crippen molar-refractivity contribution in [3.63, 3.8) is 0 Å². The summed E-state index contributed by atoms with van der Waals surface area (Å²) in [4.78, 5) is 14.4. The number of thiophene rings is 1. The predicted molar refractivity (Wildman–Crippen MR) is 86.1 cm³/mol. The average Bonchev–Trinajstić information content (AvgIpc) is 3.24. The van der Waals surface area contributed by atoms with E-state index in [1.165, 1.54) is 30.2 Å². The molecule has 1 fully saturated rings. The second kappa shape index (κ2) is 6.26. The molecule has 4 nitrogen and oxygen atoms in total. The van der Waals surface area contributed by atoms with E-state index in [0.717, 1.165) is 17.7 Å². The summed E-state index contributed by atoms with van der Waals surface area (Å²) in [6.45, 7) is 2.42. The van der Waals surface area contributed by atoms with Crippen LogP contribution in [0.3, 0.4) is 0 Å². The molecule has 2 aromatic heterocycles. The van der Waals surface area contributed by atoms with Crippen molar-refractivity contribution in [1.82, 2.24) is 5.32 Å². The van der Waals surface area contributed by atoms with Crippen LogP contribution < -0.4 is 5.32 Å². The first-order valence-electron chi connectivity index (χ1n) is 7.69. The van der Waals surface area contributed by atoms with E-state index in [0.29, 0.717) is 12.1 Å². The van der Waals surface area contributed by atoms with Gasteiger partial charge in [0, 0.05) is 21.7 Å². The molecule has 0 unspecified atom stereocenters. The number of hydrogen-bond donors (Lipinski definition) is 2. The van der Waals surface area contributed by atoms with Crippen molar-refractivity contribution in [2.75, 3.05) is 6.54 Å². The molecule has 1 aliphatic rings. The molecule has 5 heteroatoms. The summed E-state index contributed by atoms with van der Waals surface area (Å²) in [5.41, 5.74) is 0.570. The minimum absolute atomic E-state index is 0.0111. The highest BCUT2D eigenvalue weighted by Crippen LogP contribution is 2.44. The molecule has 1 amide bonds. The molecule has 1 atom stereocenters. The van der Waals surface area contributed by atoms with E-state index < -0.39 is 6.10 Å². The molecule has 22 heavy (non-hydrogen) atoms. The third-order valence-electron chi connectivity index (χ3n) is 4.49. The van der Waals surface area contributed by atoms with Crippen molar-refractivity contribution >= 4 is 17.2 Å². The SMILES string of the molecule is C[C@@H](O)c1ccc(C2(CNC(=O)c3ccoc3)CCCC2)s1. The molecule has 3 rings (SSSR count). The number of nitrogens with one attached hydrogen (secondary N) is 1. The summed E-state index contributed by atoms with van der Waals surface area (Å²) in [6.07, 6.45) is 7.07. The molecular weight excluding hydrogens is 298 g/mol. The first kappa shape index (κ1) is 15.3. The van der Waals surface area contributed by atoms with Crippen LogP contribution in [0.4, 0.5) is 0 Å². The lowest BCUT2D eigenvalue weighted by Gasteiger charge is -2.28. The van der Waals surface area contributed by atoms with Crippen LogP contribution in [0.5, 0.6) is 0 Å². The zero-order chi connectivity index (χ0) is 15.6. The molecule has 0 radical (unpaired) electrons. The second-order valence-electron chi connectivity index (χ2n) is 6.06. The fraction of sp³-hybridized carbons (Fsp3) is 0.471. The van der Waals surface area contributed by atoms with Gasteiger partial charge in [0.25, 0.3) is 5.91 Å². The summed E-state index contributed by atoms with van der Waals surface area (Å²) in [5.74, 6) is -0.0904. The van der Waals surface area contributed by atoms with Gasteiger partial charge in [-0.2, -0.15) is 0 Å². The maximum atomic E-state index is 12.1. The van der Waals surface area contributed by atoms with Crippen LogP contribution in [0.25, 0.3) is 0 Å². The number of rotatable bonds is 5. The van der Waals surface area contributed by atoms with E-state index in [1.807, 2.05) is 6.07 Å². The van der Waals surface area contributed by atoms with Gasteiger partial charge in [-0.15, -0.1) is 11.3 Å². The summed E-state index contributed by atoms with van der Waals surface area (Å²) in [5, 5.41) is 12.8. The Labute approximate surface area is 134 Å². The van der Waals surface area contributed by atoms with Crippen LogP contribution in [0.15, 0.2) is 35.1 Å². The molecular formula is C17H21NO3S. The molecule has 2 heterocycles. The Morgan fingerprint density at radius 3 is 2.77 bits per heavy atom. The Morgan fingerprint density at radius 2 is 2.18 bits per heavy atom. The van der Waals surface area contributed by atoms with Crippen molar-refractivity contribution in [1.29, 1.82) is 0 Å². The Bertz CT molecular complexity index is 624.